The van der Waals surface area contributed by atoms with Crippen LogP contribution in [0.3, 0.4) is 0 Å². The van der Waals surface area contributed by atoms with E-state index in [1.807, 2.05) is 12.1 Å². The third-order valence-electron chi connectivity index (χ3n) is 6.68. The van der Waals surface area contributed by atoms with Crippen LogP contribution in [0.4, 0.5) is 10.1 Å². The Morgan fingerprint density at radius 2 is 2.11 bits per heavy atom. The maximum atomic E-state index is 15.4. The van der Waals surface area contributed by atoms with Gasteiger partial charge in [0.25, 0.3) is 17.9 Å². The van der Waals surface area contributed by atoms with Gasteiger partial charge in [-0.25, -0.2) is 15.0 Å². The van der Waals surface area contributed by atoms with Crippen LogP contribution in [0, 0.1) is 17.3 Å². The molecule has 0 saturated carbocycles. The number of nitriles is 1. The Balaban J connectivity index is 1.43. The number of halogens is 1. The minimum Gasteiger partial charge on any atom is -0.452 e. The molecule has 0 fully saturated rings. The van der Waals surface area contributed by atoms with Crippen LogP contribution in [0.15, 0.2) is 53.7 Å². The number of nitrogens with one attached hydrogen (secondary N) is 1. The van der Waals surface area contributed by atoms with Gasteiger partial charge < -0.3 is 25.3 Å². The van der Waals surface area contributed by atoms with Gasteiger partial charge in [-0.3, -0.25) is 4.79 Å². The van der Waals surface area contributed by atoms with Crippen molar-refractivity contribution in [1.29, 1.82) is 5.26 Å². The fourth-order valence-corrected chi connectivity index (χ4v) is 4.84. The third kappa shape index (κ3) is 4.01. The number of fused-ring (bicyclic) bond motifs is 4. The summed E-state index contributed by atoms with van der Waals surface area (Å²) in [5.74, 6) is -0.915. The smallest absolute Gasteiger partial charge is 0.283 e. The van der Waals surface area contributed by atoms with Crippen LogP contribution in [-0.2, 0) is 15.1 Å². The molecule has 190 valence electrons. The number of pyridine rings is 2. The van der Waals surface area contributed by atoms with E-state index in [1.165, 1.54) is 18.3 Å². The molecule has 1 amide bonds. The number of carbonyl (C=O) groups excluding carboxylic acids is 1. The van der Waals surface area contributed by atoms with Crippen molar-refractivity contribution in [2.24, 2.45) is 10.7 Å². The van der Waals surface area contributed by atoms with E-state index >= 15 is 4.39 Å². The van der Waals surface area contributed by atoms with E-state index in [2.05, 4.69) is 20.3 Å². The van der Waals surface area contributed by atoms with E-state index in [4.69, 9.17) is 25.2 Å². The van der Waals surface area contributed by atoms with Gasteiger partial charge in [-0.15, -0.1) is 0 Å². The summed E-state index contributed by atoms with van der Waals surface area (Å²) in [5, 5.41) is 11.8. The second-order valence-electron chi connectivity index (χ2n) is 8.94. The van der Waals surface area contributed by atoms with E-state index in [9.17, 15) is 4.79 Å². The SMILES string of the molecule is N#Cc1ccc(C(=O)Nc2ccc3c(c2)[C@@]2(CCN=C(N)O2)c2cc(C4=CCOCC4)nc(F)c2O3)nc1. The highest BCUT2D eigenvalue weighted by atomic mass is 19.1. The highest BCUT2D eigenvalue weighted by Crippen LogP contribution is 2.53. The molecule has 38 heavy (non-hydrogen) atoms. The zero-order valence-electron chi connectivity index (χ0n) is 20.0. The summed E-state index contributed by atoms with van der Waals surface area (Å²) in [5.41, 5.74) is 8.10. The summed E-state index contributed by atoms with van der Waals surface area (Å²) in [6.45, 7) is 1.28. The van der Waals surface area contributed by atoms with Crippen LogP contribution in [0.25, 0.3) is 5.57 Å². The molecule has 0 bridgehead atoms. The average molecular weight is 513 g/mol. The lowest BCUT2D eigenvalue weighted by Gasteiger charge is -2.41. The summed E-state index contributed by atoms with van der Waals surface area (Å²) in [4.78, 5) is 25.2. The fraction of sp³-hybridized carbons (Fsp3) is 0.222. The molecule has 0 saturated heterocycles. The lowest BCUT2D eigenvalue weighted by Crippen LogP contribution is -2.43. The van der Waals surface area contributed by atoms with E-state index < -0.39 is 17.5 Å². The number of hydrogen-bond acceptors (Lipinski definition) is 9. The predicted octanol–water partition coefficient (Wildman–Crippen LogP) is 3.63. The second-order valence-corrected chi connectivity index (χ2v) is 8.94. The molecule has 5 heterocycles. The second kappa shape index (κ2) is 9.24. The van der Waals surface area contributed by atoms with Crippen molar-refractivity contribution in [3.63, 3.8) is 0 Å². The number of amidine groups is 1. The molecule has 3 aliphatic heterocycles. The van der Waals surface area contributed by atoms with Gasteiger partial charge in [-0.05, 0) is 48.4 Å². The number of anilines is 1. The van der Waals surface area contributed by atoms with Gasteiger partial charge in [0.15, 0.2) is 11.4 Å². The molecule has 1 aromatic carbocycles. The maximum absolute atomic E-state index is 15.4. The topological polar surface area (TPSA) is 145 Å². The number of aliphatic imine (C=N–C) groups is 1. The first-order valence-corrected chi connectivity index (χ1v) is 11.9. The summed E-state index contributed by atoms with van der Waals surface area (Å²) in [6.07, 6.45) is 4.16. The molecule has 2 aromatic heterocycles. The van der Waals surface area contributed by atoms with Crippen LogP contribution < -0.4 is 15.8 Å². The van der Waals surface area contributed by atoms with E-state index in [1.54, 1.807) is 24.3 Å². The van der Waals surface area contributed by atoms with Gasteiger partial charge in [0.05, 0.1) is 24.5 Å². The van der Waals surface area contributed by atoms with Crippen LogP contribution in [0.5, 0.6) is 11.5 Å². The van der Waals surface area contributed by atoms with Crippen LogP contribution in [0.2, 0.25) is 0 Å². The van der Waals surface area contributed by atoms with Crippen molar-refractivity contribution >= 4 is 23.2 Å². The first-order valence-electron chi connectivity index (χ1n) is 11.9. The van der Waals surface area contributed by atoms with Gasteiger partial charge in [-0.1, -0.05) is 6.08 Å². The van der Waals surface area contributed by atoms with Gasteiger partial charge in [0.1, 0.15) is 17.5 Å². The number of aromatic nitrogens is 2. The summed E-state index contributed by atoms with van der Waals surface area (Å²) in [6, 6.07) is 11.7. The zero-order chi connectivity index (χ0) is 26.3. The van der Waals surface area contributed by atoms with Crippen molar-refractivity contribution in [2.45, 2.75) is 18.4 Å². The molecule has 1 spiro atoms. The Bertz CT molecular complexity index is 1560. The Labute approximate surface area is 216 Å². The molecule has 11 heteroatoms. The zero-order valence-corrected chi connectivity index (χ0v) is 20.0. The quantitative estimate of drug-likeness (QED) is 0.506. The number of hydrogen-bond donors (Lipinski definition) is 2. The van der Waals surface area contributed by atoms with Crippen molar-refractivity contribution < 1.29 is 23.4 Å². The van der Waals surface area contributed by atoms with Gasteiger partial charge in [0, 0.05) is 36.0 Å². The van der Waals surface area contributed by atoms with Gasteiger partial charge in [-0.2, -0.15) is 9.65 Å². The molecule has 3 aliphatic rings. The minimum atomic E-state index is -1.22. The van der Waals surface area contributed by atoms with Crippen molar-refractivity contribution in [3.8, 4) is 17.6 Å². The largest absolute Gasteiger partial charge is 0.452 e. The number of amides is 1. The highest BCUT2D eigenvalue weighted by molar-refractivity contribution is 6.03. The minimum absolute atomic E-state index is 0.0321. The molecule has 3 N–H and O–H groups in total. The number of nitrogens with two attached hydrogens (primary N) is 1. The fourth-order valence-electron chi connectivity index (χ4n) is 4.84. The van der Waals surface area contributed by atoms with Crippen molar-refractivity contribution in [2.75, 3.05) is 25.1 Å². The average Bonchev–Trinajstić information content (AvgIpc) is 2.94. The molecule has 0 aliphatic carbocycles. The first-order chi connectivity index (χ1) is 18.5. The van der Waals surface area contributed by atoms with E-state index in [0.717, 1.165) is 5.57 Å². The monoisotopic (exact) mass is 512 g/mol. The number of carbonyl (C=O) groups is 1. The molecule has 1 atom stereocenters. The molecular formula is C27H21FN6O4. The molecule has 0 radical (unpaired) electrons. The molecule has 6 rings (SSSR count). The highest BCUT2D eigenvalue weighted by Gasteiger charge is 2.48. The Morgan fingerprint density at radius 1 is 1.21 bits per heavy atom. The van der Waals surface area contributed by atoms with Gasteiger partial charge >= 0.3 is 0 Å². The number of rotatable bonds is 3. The normalized spacial score (nSPS) is 19.6. The lowest BCUT2D eigenvalue weighted by molar-refractivity contribution is 0.0623. The predicted molar refractivity (Wildman–Crippen MR) is 134 cm³/mol. The van der Waals surface area contributed by atoms with Crippen LogP contribution in [0.1, 0.15) is 45.7 Å². The van der Waals surface area contributed by atoms with Crippen LogP contribution in [-0.4, -0.2) is 41.7 Å². The molecule has 0 unspecified atom stereocenters. The number of benzene rings is 1. The Hall–Kier alpha value is -4.82. The van der Waals surface area contributed by atoms with E-state index in [-0.39, 0.29) is 17.5 Å². The Kier molecular flexibility index (Phi) is 5.73. The Morgan fingerprint density at radius 3 is 2.84 bits per heavy atom. The van der Waals surface area contributed by atoms with Crippen molar-refractivity contribution in [1.82, 2.24) is 9.97 Å². The maximum Gasteiger partial charge on any atom is 0.283 e. The summed E-state index contributed by atoms with van der Waals surface area (Å²) < 4.78 is 33.0. The van der Waals surface area contributed by atoms with Crippen LogP contribution >= 0.6 is 0 Å². The summed E-state index contributed by atoms with van der Waals surface area (Å²) >= 11 is 0. The molecule has 10 nitrogen and oxygen atoms in total. The van der Waals surface area contributed by atoms with Crippen molar-refractivity contribution in [3.05, 3.63) is 82.7 Å². The third-order valence-corrected chi connectivity index (χ3v) is 6.68. The summed E-state index contributed by atoms with van der Waals surface area (Å²) in [7, 11) is 0. The standard InChI is InChI=1S/C27H21FN6O4/c28-24-23-19(12-21(34-24)16-5-9-36-10-6-16)27(7-8-31-26(30)38-27)18-11-17(2-4-22(18)37-23)33-25(35)20-3-1-15(13-29)14-32-20/h1-5,11-12,14H,6-10H2,(H2,30,31)(H,33,35)/t27-/m0/s1. The van der Waals surface area contributed by atoms with E-state index in [0.29, 0.717) is 66.4 Å². The number of nitrogens with zero attached hydrogens (tertiary/aromatic N) is 4. The van der Waals surface area contributed by atoms with Gasteiger partial charge in [0.2, 0.25) is 0 Å². The first kappa shape index (κ1) is 23.6. The lowest BCUT2D eigenvalue weighted by atomic mass is 9.79. The number of ether oxygens (including phenoxy) is 3. The molecular weight excluding hydrogens is 491 g/mol. The molecule has 3 aromatic rings.